The highest BCUT2D eigenvalue weighted by Crippen LogP contribution is 2.41. The summed E-state index contributed by atoms with van der Waals surface area (Å²) in [5.41, 5.74) is 7.62. The largest absolute Gasteiger partial charge is 0.465 e. The molecule has 23 heavy (non-hydrogen) atoms. The van der Waals surface area contributed by atoms with Crippen LogP contribution in [0.4, 0.5) is 5.00 Å². The molecule has 0 radical (unpaired) electrons. The van der Waals surface area contributed by atoms with E-state index in [1.807, 2.05) is 17.5 Å². The Morgan fingerprint density at radius 2 is 2.00 bits per heavy atom. The molecule has 6 heteroatoms. The summed E-state index contributed by atoms with van der Waals surface area (Å²) >= 11 is 3.13. The Morgan fingerprint density at radius 1 is 1.30 bits per heavy atom. The van der Waals surface area contributed by atoms with E-state index in [4.69, 9.17) is 10.5 Å². The Hall–Kier alpha value is -1.37. The number of anilines is 1. The van der Waals surface area contributed by atoms with Gasteiger partial charge in [0, 0.05) is 21.9 Å². The number of thiophene rings is 2. The molecule has 0 spiro atoms. The van der Waals surface area contributed by atoms with Crippen LogP contribution in [0, 0.1) is 0 Å². The average molecular weight is 353 g/mol. The van der Waals surface area contributed by atoms with Crippen molar-refractivity contribution >= 4 is 33.6 Å². The molecule has 2 aromatic rings. The number of esters is 1. The SMILES string of the molecule is CCCN(CCC)Cc1sc(N)c(C(=O)OC)c1-c1cccs1. The molecule has 126 valence electrons. The van der Waals surface area contributed by atoms with Crippen molar-refractivity contribution in [3.05, 3.63) is 28.0 Å². The number of carbonyl (C=O) groups excluding carboxylic acids is 1. The highest BCUT2D eigenvalue weighted by Gasteiger charge is 2.25. The van der Waals surface area contributed by atoms with E-state index in [9.17, 15) is 4.79 Å². The molecule has 0 saturated carbocycles. The molecule has 0 aliphatic heterocycles. The second kappa shape index (κ2) is 8.47. The Morgan fingerprint density at radius 3 is 2.52 bits per heavy atom. The van der Waals surface area contributed by atoms with Crippen LogP contribution in [0.2, 0.25) is 0 Å². The predicted molar refractivity (Wildman–Crippen MR) is 99.2 cm³/mol. The molecule has 0 aromatic carbocycles. The maximum absolute atomic E-state index is 12.2. The van der Waals surface area contributed by atoms with Crippen LogP contribution in [0.5, 0.6) is 0 Å². The first-order valence-corrected chi connectivity index (χ1v) is 9.57. The summed E-state index contributed by atoms with van der Waals surface area (Å²) in [6, 6.07) is 4.03. The van der Waals surface area contributed by atoms with Crippen molar-refractivity contribution in [1.29, 1.82) is 0 Å². The lowest BCUT2D eigenvalue weighted by molar-refractivity contribution is 0.0603. The lowest BCUT2D eigenvalue weighted by Gasteiger charge is -2.20. The topological polar surface area (TPSA) is 55.6 Å². The number of nitrogens with zero attached hydrogens (tertiary/aromatic N) is 1. The third-order valence-electron chi connectivity index (χ3n) is 3.61. The number of nitrogen functional groups attached to an aromatic ring is 1. The first kappa shape index (κ1) is 18.0. The first-order chi connectivity index (χ1) is 11.1. The number of hydrogen-bond acceptors (Lipinski definition) is 6. The standard InChI is InChI=1S/C17H24N2O2S2/c1-4-8-19(9-5-2)11-13-14(12-7-6-10-22-12)15(16(18)23-13)17(20)21-3/h6-7,10H,4-5,8-9,11,18H2,1-3H3. The minimum absolute atomic E-state index is 0.356. The van der Waals surface area contributed by atoms with Crippen molar-refractivity contribution in [3.63, 3.8) is 0 Å². The molecule has 0 amide bonds. The van der Waals surface area contributed by atoms with E-state index in [0.717, 1.165) is 47.8 Å². The van der Waals surface area contributed by atoms with Gasteiger partial charge < -0.3 is 10.5 Å². The van der Waals surface area contributed by atoms with Crippen LogP contribution in [0.1, 0.15) is 41.9 Å². The average Bonchev–Trinajstić information content (AvgIpc) is 3.14. The molecule has 2 rings (SSSR count). The summed E-state index contributed by atoms with van der Waals surface area (Å²) in [5, 5.41) is 2.56. The molecule has 0 aliphatic rings. The molecular weight excluding hydrogens is 328 g/mol. The van der Waals surface area contributed by atoms with Crippen LogP contribution in [0.15, 0.2) is 17.5 Å². The van der Waals surface area contributed by atoms with E-state index < -0.39 is 0 Å². The van der Waals surface area contributed by atoms with Gasteiger partial charge in [-0.25, -0.2) is 4.79 Å². The maximum Gasteiger partial charge on any atom is 0.341 e. The summed E-state index contributed by atoms with van der Waals surface area (Å²) in [6.45, 7) is 7.28. The van der Waals surface area contributed by atoms with Crippen LogP contribution in [-0.4, -0.2) is 31.1 Å². The van der Waals surface area contributed by atoms with Crippen LogP contribution in [-0.2, 0) is 11.3 Å². The zero-order valence-electron chi connectivity index (χ0n) is 13.9. The molecule has 2 aromatic heterocycles. The van der Waals surface area contributed by atoms with Gasteiger partial charge in [-0.05, 0) is 37.4 Å². The second-order valence-electron chi connectivity index (χ2n) is 5.38. The van der Waals surface area contributed by atoms with Gasteiger partial charge >= 0.3 is 5.97 Å². The zero-order chi connectivity index (χ0) is 16.8. The highest BCUT2D eigenvalue weighted by atomic mass is 32.1. The molecule has 0 atom stereocenters. The van der Waals surface area contributed by atoms with Gasteiger partial charge in [0.1, 0.15) is 10.6 Å². The Bertz CT molecular complexity index is 629. The van der Waals surface area contributed by atoms with Crippen LogP contribution >= 0.6 is 22.7 Å². The fourth-order valence-electron chi connectivity index (χ4n) is 2.70. The Labute approximate surface area is 145 Å². The normalized spacial score (nSPS) is 11.1. The molecule has 0 saturated heterocycles. The Kier molecular flexibility index (Phi) is 6.62. The number of methoxy groups -OCH3 is 1. The quantitative estimate of drug-likeness (QED) is 0.712. The summed E-state index contributed by atoms with van der Waals surface area (Å²) < 4.78 is 4.95. The van der Waals surface area contributed by atoms with E-state index in [1.54, 1.807) is 11.3 Å². The first-order valence-electron chi connectivity index (χ1n) is 7.88. The van der Waals surface area contributed by atoms with Crippen molar-refractivity contribution in [2.45, 2.75) is 33.2 Å². The van der Waals surface area contributed by atoms with E-state index in [2.05, 4.69) is 18.7 Å². The fraction of sp³-hybridized carbons (Fsp3) is 0.471. The van der Waals surface area contributed by atoms with Crippen LogP contribution in [0.3, 0.4) is 0 Å². The molecule has 2 N–H and O–H groups in total. The van der Waals surface area contributed by atoms with Gasteiger partial charge in [0.05, 0.1) is 7.11 Å². The van der Waals surface area contributed by atoms with E-state index in [-0.39, 0.29) is 5.97 Å². The molecular formula is C17H24N2O2S2. The lowest BCUT2D eigenvalue weighted by Crippen LogP contribution is -2.24. The molecule has 0 bridgehead atoms. The molecule has 4 nitrogen and oxygen atoms in total. The third-order valence-corrected chi connectivity index (χ3v) is 5.50. The molecule has 2 heterocycles. The predicted octanol–water partition coefficient (Wildman–Crippen LogP) is 4.47. The number of hydrogen-bond donors (Lipinski definition) is 1. The van der Waals surface area contributed by atoms with Gasteiger partial charge in [0.15, 0.2) is 0 Å². The smallest absolute Gasteiger partial charge is 0.341 e. The molecule has 0 unspecified atom stereocenters. The summed E-state index contributed by atoms with van der Waals surface area (Å²) in [6.07, 6.45) is 2.22. The van der Waals surface area contributed by atoms with Crippen molar-refractivity contribution in [2.75, 3.05) is 25.9 Å². The second-order valence-corrected chi connectivity index (χ2v) is 7.47. The van der Waals surface area contributed by atoms with Crippen molar-refractivity contribution in [1.82, 2.24) is 4.90 Å². The fourth-order valence-corrected chi connectivity index (χ4v) is 4.68. The van der Waals surface area contributed by atoms with Crippen molar-refractivity contribution < 1.29 is 9.53 Å². The van der Waals surface area contributed by atoms with Gasteiger partial charge in [-0.2, -0.15) is 0 Å². The summed E-state index contributed by atoms with van der Waals surface area (Å²) in [4.78, 5) is 16.8. The number of carbonyl (C=O) groups is 1. The van der Waals surface area contributed by atoms with Gasteiger partial charge in [0.2, 0.25) is 0 Å². The van der Waals surface area contributed by atoms with Gasteiger partial charge in [-0.3, -0.25) is 4.90 Å². The summed E-state index contributed by atoms with van der Waals surface area (Å²) in [5.74, 6) is -0.356. The van der Waals surface area contributed by atoms with Crippen molar-refractivity contribution in [2.24, 2.45) is 0 Å². The van der Waals surface area contributed by atoms with E-state index >= 15 is 0 Å². The molecule has 0 aliphatic carbocycles. The summed E-state index contributed by atoms with van der Waals surface area (Å²) in [7, 11) is 1.40. The van der Waals surface area contributed by atoms with Crippen LogP contribution < -0.4 is 5.73 Å². The number of ether oxygens (including phenoxy) is 1. The molecule has 0 fully saturated rings. The zero-order valence-corrected chi connectivity index (χ0v) is 15.6. The third kappa shape index (κ3) is 4.13. The van der Waals surface area contributed by atoms with E-state index in [1.165, 1.54) is 18.4 Å². The van der Waals surface area contributed by atoms with E-state index in [0.29, 0.717) is 10.6 Å². The Balaban J connectivity index is 2.45. The maximum atomic E-state index is 12.2. The van der Waals surface area contributed by atoms with Gasteiger partial charge in [-0.1, -0.05) is 19.9 Å². The number of nitrogens with two attached hydrogens (primary N) is 1. The number of rotatable bonds is 8. The highest BCUT2D eigenvalue weighted by molar-refractivity contribution is 7.18. The van der Waals surface area contributed by atoms with Gasteiger partial charge in [-0.15, -0.1) is 22.7 Å². The monoisotopic (exact) mass is 352 g/mol. The minimum Gasteiger partial charge on any atom is -0.465 e. The van der Waals surface area contributed by atoms with Gasteiger partial charge in [0.25, 0.3) is 0 Å². The minimum atomic E-state index is -0.356. The lowest BCUT2D eigenvalue weighted by atomic mass is 10.1. The van der Waals surface area contributed by atoms with Crippen molar-refractivity contribution in [3.8, 4) is 10.4 Å². The van der Waals surface area contributed by atoms with Crippen LogP contribution in [0.25, 0.3) is 10.4 Å².